The maximum atomic E-state index is 9.66. The van der Waals surface area contributed by atoms with Crippen LogP contribution in [0.4, 0.5) is 0 Å². The van der Waals surface area contributed by atoms with Gasteiger partial charge in [-0.25, -0.2) is 0 Å². The molecule has 0 spiro atoms. The van der Waals surface area contributed by atoms with E-state index in [-0.39, 0.29) is 17.0 Å². The number of phenols is 1. The zero-order valence-electron chi connectivity index (χ0n) is 7.72. The van der Waals surface area contributed by atoms with Crippen molar-refractivity contribution in [3.63, 3.8) is 0 Å². The smallest absolute Gasteiger partial charge is 0.267 e. The molecule has 3 aromatic rings. The Balaban J connectivity index is 0.000000853. The van der Waals surface area contributed by atoms with Gasteiger partial charge in [0.15, 0.2) is 12.4 Å². The second-order valence-corrected chi connectivity index (χ2v) is 4.13. The van der Waals surface area contributed by atoms with Gasteiger partial charge in [-0.05, 0) is 12.1 Å². The van der Waals surface area contributed by atoms with Crippen LogP contribution in [0, 0.1) is 0 Å². The molecule has 0 aliphatic heterocycles. The van der Waals surface area contributed by atoms with Gasteiger partial charge in [-0.15, -0.1) is 0 Å². The van der Waals surface area contributed by atoms with Gasteiger partial charge in [0.1, 0.15) is 5.75 Å². The van der Waals surface area contributed by atoms with Crippen LogP contribution >= 0.6 is 11.3 Å². The van der Waals surface area contributed by atoms with Crippen LogP contribution in [-0.2, 0) is 0 Å². The summed E-state index contributed by atoms with van der Waals surface area (Å²) in [7, 11) is 0. The number of nitrogens with zero attached hydrogens (tertiary/aromatic N) is 1. The fraction of sp³-hybridized carbons (Fsp3) is 0. The molecule has 2 heterocycles. The second-order valence-electron chi connectivity index (χ2n) is 3.20. The van der Waals surface area contributed by atoms with Crippen molar-refractivity contribution >= 4 is 26.9 Å². The average Bonchev–Trinajstić information content (AvgIpc) is 2.62. The summed E-state index contributed by atoms with van der Waals surface area (Å²) < 4.78 is 2.06. The number of benzene rings is 1. The maximum absolute atomic E-state index is 9.66. The van der Waals surface area contributed by atoms with Gasteiger partial charge in [0.25, 0.3) is 4.83 Å². The summed E-state index contributed by atoms with van der Waals surface area (Å²) in [4.78, 5) is 1.14. The molecule has 0 radical (unpaired) electrons. The van der Waals surface area contributed by atoms with Crippen LogP contribution in [0.25, 0.3) is 15.6 Å². The number of phenolic OH excluding ortho intramolecular Hbond substituents is 1. The fourth-order valence-corrected chi connectivity index (χ4v) is 2.38. The van der Waals surface area contributed by atoms with E-state index in [1.165, 1.54) is 0 Å². The summed E-state index contributed by atoms with van der Waals surface area (Å²) in [5.74, 6) is 0.346. The predicted octanol–water partition coefficient (Wildman–Crippen LogP) is -0.650. The average molecular weight is 282 g/mol. The van der Waals surface area contributed by atoms with Crippen molar-refractivity contribution in [2.24, 2.45) is 0 Å². The van der Waals surface area contributed by atoms with E-state index in [0.717, 1.165) is 15.6 Å². The molecule has 0 unspecified atom stereocenters. The Kier molecular flexibility index (Phi) is 2.63. The van der Waals surface area contributed by atoms with Crippen LogP contribution in [0.2, 0.25) is 0 Å². The summed E-state index contributed by atoms with van der Waals surface area (Å²) in [5.41, 5.74) is 0. The monoisotopic (exact) mass is 281 g/mol. The number of aromatic nitrogens is 1. The van der Waals surface area contributed by atoms with Crippen molar-refractivity contribution < 1.29 is 26.5 Å². The molecule has 1 aromatic carbocycles. The quantitative estimate of drug-likeness (QED) is 0.544. The van der Waals surface area contributed by atoms with E-state index in [1.807, 2.05) is 36.0 Å². The minimum absolute atomic E-state index is 0. The highest BCUT2D eigenvalue weighted by molar-refractivity contribution is 7.15. The summed E-state index contributed by atoms with van der Waals surface area (Å²) >= 11 is 1.66. The lowest BCUT2D eigenvalue weighted by atomic mass is 10.1. The van der Waals surface area contributed by atoms with E-state index in [0.29, 0.717) is 5.75 Å². The molecule has 0 aliphatic rings. The first-order valence-corrected chi connectivity index (χ1v) is 5.23. The molecule has 4 heteroatoms. The zero-order valence-corrected chi connectivity index (χ0v) is 10.1. The number of halogens is 1. The lowest BCUT2D eigenvalue weighted by Crippen LogP contribution is -3.00. The van der Waals surface area contributed by atoms with Crippen molar-refractivity contribution in [1.82, 2.24) is 0 Å². The largest absolute Gasteiger partial charge is 1.00 e. The van der Waals surface area contributed by atoms with Gasteiger partial charge >= 0.3 is 0 Å². The summed E-state index contributed by atoms with van der Waals surface area (Å²) in [6.45, 7) is 0. The van der Waals surface area contributed by atoms with E-state index in [4.69, 9.17) is 0 Å². The molecule has 1 N–H and O–H groups in total. The molecule has 0 fully saturated rings. The van der Waals surface area contributed by atoms with Crippen LogP contribution in [0.5, 0.6) is 5.75 Å². The van der Waals surface area contributed by atoms with E-state index in [1.54, 1.807) is 17.4 Å². The van der Waals surface area contributed by atoms with Crippen LogP contribution in [0.1, 0.15) is 0 Å². The molecule has 2 nitrogen and oxygen atoms in total. The van der Waals surface area contributed by atoms with Crippen LogP contribution in [0.15, 0.2) is 42.0 Å². The third-order valence-corrected chi connectivity index (χ3v) is 3.16. The summed E-state index contributed by atoms with van der Waals surface area (Å²) in [6, 6.07) is 7.58. The molecule has 76 valence electrons. The van der Waals surface area contributed by atoms with Gasteiger partial charge in [0, 0.05) is 16.8 Å². The third-order valence-electron chi connectivity index (χ3n) is 2.33. The fourth-order valence-electron chi connectivity index (χ4n) is 1.63. The lowest BCUT2D eigenvalue weighted by Gasteiger charge is -1.96. The van der Waals surface area contributed by atoms with E-state index >= 15 is 0 Å². The highest BCUT2D eigenvalue weighted by atomic mass is 79.9. The van der Waals surface area contributed by atoms with E-state index in [2.05, 4.69) is 4.40 Å². The Morgan fingerprint density at radius 3 is 3.00 bits per heavy atom. The standard InChI is InChI=1S/C11H7NOS.BrH/c13-10-3-1-2-8-7-12-4-5-14-11(12)6-9(8)10;/h1-7H;1H. The highest BCUT2D eigenvalue weighted by Gasteiger charge is 2.08. The molecule has 2 aromatic heterocycles. The molecule has 0 atom stereocenters. The van der Waals surface area contributed by atoms with Gasteiger partial charge in [0.2, 0.25) is 0 Å². The number of hydrogen-bond acceptors (Lipinski definition) is 2. The van der Waals surface area contributed by atoms with Crippen molar-refractivity contribution in [3.8, 4) is 5.75 Å². The molecular weight excluding hydrogens is 274 g/mol. The van der Waals surface area contributed by atoms with Crippen LogP contribution in [-0.4, -0.2) is 5.11 Å². The van der Waals surface area contributed by atoms with E-state index in [9.17, 15) is 5.11 Å². The summed E-state index contributed by atoms with van der Waals surface area (Å²) in [5, 5.41) is 13.7. The molecule has 0 saturated heterocycles. The number of thiazole rings is 1. The molecular formula is C11H8BrNOS. The molecule has 0 amide bonds. The van der Waals surface area contributed by atoms with Gasteiger partial charge < -0.3 is 22.1 Å². The van der Waals surface area contributed by atoms with Crippen molar-refractivity contribution in [2.75, 3.05) is 0 Å². The number of rotatable bonds is 0. The minimum atomic E-state index is 0. The Morgan fingerprint density at radius 2 is 2.13 bits per heavy atom. The van der Waals surface area contributed by atoms with E-state index < -0.39 is 0 Å². The number of hydrogen-bond donors (Lipinski definition) is 1. The van der Waals surface area contributed by atoms with Crippen molar-refractivity contribution in [3.05, 3.63) is 42.0 Å². The number of aromatic hydroxyl groups is 1. The van der Waals surface area contributed by atoms with Gasteiger partial charge in [-0.1, -0.05) is 17.4 Å². The first-order chi connectivity index (χ1) is 6.84. The molecule has 3 rings (SSSR count). The van der Waals surface area contributed by atoms with Crippen LogP contribution < -0.4 is 21.4 Å². The second kappa shape index (κ2) is 3.79. The predicted molar refractivity (Wildman–Crippen MR) is 56.6 cm³/mol. The molecule has 15 heavy (non-hydrogen) atoms. The third kappa shape index (κ3) is 1.60. The molecule has 0 aliphatic carbocycles. The Morgan fingerprint density at radius 1 is 1.27 bits per heavy atom. The minimum Gasteiger partial charge on any atom is -1.00 e. The SMILES string of the molecule is Oc1cccc2c[n+]3ccsc3cc12.[Br-]. The first-order valence-electron chi connectivity index (χ1n) is 4.35. The lowest BCUT2D eigenvalue weighted by molar-refractivity contribution is -0.505. The van der Waals surface area contributed by atoms with Gasteiger partial charge in [-0.2, -0.15) is 4.40 Å². The Bertz CT molecular complexity index is 620. The normalized spacial score (nSPS) is 10.4. The van der Waals surface area contributed by atoms with Crippen LogP contribution in [0.3, 0.4) is 0 Å². The van der Waals surface area contributed by atoms with Gasteiger partial charge in [0.05, 0.1) is 5.38 Å². The zero-order chi connectivity index (χ0) is 9.54. The number of pyridine rings is 1. The maximum Gasteiger partial charge on any atom is 0.267 e. The number of fused-ring (bicyclic) bond motifs is 2. The molecule has 0 saturated carbocycles. The molecule has 0 bridgehead atoms. The summed E-state index contributed by atoms with van der Waals surface area (Å²) in [6.07, 6.45) is 4.05. The topological polar surface area (TPSA) is 24.3 Å². The Hall–Kier alpha value is -1.13. The van der Waals surface area contributed by atoms with Crippen molar-refractivity contribution in [1.29, 1.82) is 0 Å². The highest BCUT2D eigenvalue weighted by Crippen LogP contribution is 2.24. The Labute approximate surface area is 101 Å². The van der Waals surface area contributed by atoms with Crippen molar-refractivity contribution in [2.45, 2.75) is 0 Å². The first kappa shape index (κ1) is 10.4. The van der Waals surface area contributed by atoms with Gasteiger partial charge in [-0.3, -0.25) is 0 Å².